The van der Waals surface area contributed by atoms with Gasteiger partial charge in [-0.25, -0.2) is 0 Å². The number of hydrogen-bond donors (Lipinski definition) is 1. The Hall–Kier alpha value is -1.59. The van der Waals surface area contributed by atoms with Gasteiger partial charge in [-0.2, -0.15) is 0 Å². The van der Waals surface area contributed by atoms with E-state index >= 15 is 0 Å². The quantitative estimate of drug-likeness (QED) is 0.0934. The zero-order chi connectivity index (χ0) is 25.9. The maximum Gasteiger partial charge on any atom is 0.321 e. The van der Waals surface area contributed by atoms with Crippen LogP contribution in [-0.4, -0.2) is 30.6 Å². The molecule has 1 fully saturated rings. The summed E-state index contributed by atoms with van der Waals surface area (Å²) >= 11 is 0. The number of amides is 1. The second-order valence-corrected chi connectivity index (χ2v) is 10.5. The average molecular weight is 496 g/mol. The molecule has 2 N–H and O–H groups in total. The number of unbranched alkanes of at least 4 members (excludes halogenated alkanes) is 13. The second-order valence-electron chi connectivity index (χ2n) is 10.5. The summed E-state index contributed by atoms with van der Waals surface area (Å²) in [6, 6.07) is 0. The Morgan fingerprint density at radius 3 is 1.77 bits per heavy atom. The Balaban J connectivity index is 2.51. The van der Waals surface area contributed by atoms with Gasteiger partial charge in [0.2, 0.25) is 5.91 Å². The molecule has 6 nitrogen and oxygen atoms in total. The van der Waals surface area contributed by atoms with Gasteiger partial charge in [-0.1, -0.05) is 124 Å². The van der Waals surface area contributed by atoms with Crippen molar-refractivity contribution in [2.45, 2.75) is 149 Å². The molecule has 0 unspecified atom stereocenters. The summed E-state index contributed by atoms with van der Waals surface area (Å²) in [4.78, 5) is 37.6. The molecule has 6 heteroatoms. The van der Waals surface area contributed by atoms with Crippen molar-refractivity contribution < 1.29 is 23.9 Å². The summed E-state index contributed by atoms with van der Waals surface area (Å²) in [5, 5.41) is 0. The molecule has 1 heterocycles. The van der Waals surface area contributed by atoms with Gasteiger partial charge in [0, 0.05) is 0 Å². The van der Waals surface area contributed by atoms with Gasteiger partial charge in [-0.3, -0.25) is 14.4 Å². The third kappa shape index (κ3) is 11.3. The molecule has 0 aromatic heterocycles. The first-order chi connectivity index (χ1) is 16.9. The number of esters is 2. The Morgan fingerprint density at radius 2 is 1.26 bits per heavy atom. The van der Waals surface area contributed by atoms with Crippen LogP contribution in [0.2, 0.25) is 0 Å². The highest BCUT2D eigenvalue weighted by atomic mass is 16.6. The number of ether oxygens (including phenoxy) is 2. The van der Waals surface area contributed by atoms with E-state index in [9.17, 15) is 14.4 Å². The summed E-state index contributed by atoms with van der Waals surface area (Å²) in [6.45, 7) is 6.44. The molecule has 1 saturated heterocycles. The van der Waals surface area contributed by atoms with E-state index in [4.69, 9.17) is 15.2 Å². The molecule has 1 aliphatic rings. The standard InChI is InChI=1S/C29H53NO5/c1-4-7-10-12-13-14-15-16-17-19-22-29(27(30)32,21-9-6-3)28(33)34-23-25-24(26(31)35-25)20-18-11-8-5-2/h24-25H,4-23H2,1-3H3,(H2,30,32)/t24-,25+,29-/m0/s1. The van der Waals surface area contributed by atoms with Crippen LogP contribution < -0.4 is 5.73 Å². The summed E-state index contributed by atoms with van der Waals surface area (Å²) in [5.74, 6) is -1.55. The summed E-state index contributed by atoms with van der Waals surface area (Å²) in [7, 11) is 0. The Bertz CT molecular complexity index is 608. The SMILES string of the molecule is CCCCCCCCCCCC[C@@](CCCC)(C(N)=O)C(=O)OC[C@H]1OC(=O)[C@H]1CCCCCC. The number of hydrogen-bond acceptors (Lipinski definition) is 5. The van der Waals surface area contributed by atoms with Crippen LogP contribution in [-0.2, 0) is 23.9 Å². The molecular weight excluding hydrogens is 442 g/mol. The van der Waals surface area contributed by atoms with Gasteiger partial charge in [0.25, 0.3) is 0 Å². The first kappa shape index (κ1) is 31.4. The Labute approximate surface area is 214 Å². The van der Waals surface area contributed by atoms with Gasteiger partial charge in [-0.15, -0.1) is 0 Å². The average Bonchev–Trinajstić information content (AvgIpc) is 2.84. The van der Waals surface area contributed by atoms with Gasteiger partial charge < -0.3 is 15.2 Å². The van der Waals surface area contributed by atoms with Gasteiger partial charge in [-0.05, 0) is 19.3 Å². The zero-order valence-corrected chi connectivity index (χ0v) is 22.9. The highest BCUT2D eigenvalue weighted by Gasteiger charge is 2.47. The van der Waals surface area contributed by atoms with Gasteiger partial charge in [0.15, 0.2) is 0 Å². The lowest BCUT2D eigenvalue weighted by molar-refractivity contribution is -0.197. The molecule has 0 aromatic carbocycles. The van der Waals surface area contributed by atoms with Gasteiger partial charge in [0.05, 0.1) is 5.92 Å². The van der Waals surface area contributed by atoms with E-state index in [1.807, 2.05) is 6.92 Å². The second kappa shape index (κ2) is 18.6. The number of primary amides is 1. The van der Waals surface area contributed by atoms with Crippen molar-refractivity contribution >= 4 is 17.8 Å². The van der Waals surface area contributed by atoms with E-state index in [-0.39, 0.29) is 18.5 Å². The molecule has 3 atom stereocenters. The fourth-order valence-corrected chi connectivity index (χ4v) is 5.01. The fourth-order valence-electron chi connectivity index (χ4n) is 5.01. The summed E-state index contributed by atoms with van der Waals surface area (Å²) in [5.41, 5.74) is 4.53. The predicted octanol–water partition coefficient (Wildman–Crippen LogP) is 7.01. The van der Waals surface area contributed by atoms with Crippen LogP contribution in [0.1, 0.15) is 143 Å². The van der Waals surface area contributed by atoms with Gasteiger partial charge in [0.1, 0.15) is 18.1 Å². The molecule has 204 valence electrons. The number of cyclic esters (lactones) is 1. The van der Waals surface area contributed by atoms with E-state index in [1.165, 1.54) is 44.9 Å². The Morgan fingerprint density at radius 1 is 0.771 bits per heavy atom. The van der Waals surface area contributed by atoms with Crippen LogP contribution in [0.25, 0.3) is 0 Å². The van der Waals surface area contributed by atoms with Crippen LogP contribution >= 0.6 is 0 Å². The number of carbonyl (C=O) groups excluding carboxylic acids is 3. The smallest absolute Gasteiger partial charge is 0.321 e. The monoisotopic (exact) mass is 495 g/mol. The molecule has 1 rings (SSSR count). The molecule has 0 radical (unpaired) electrons. The van der Waals surface area contributed by atoms with Crippen LogP contribution in [0.15, 0.2) is 0 Å². The van der Waals surface area contributed by atoms with Crippen LogP contribution in [0.5, 0.6) is 0 Å². The minimum atomic E-state index is -1.28. The largest absolute Gasteiger partial charge is 0.461 e. The molecule has 0 bridgehead atoms. The van der Waals surface area contributed by atoms with Crippen molar-refractivity contribution in [1.29, 1.82) is 0 Å². The topological polar surface area (TPSA) is 95.7 Å². The molecule has 0 spiro atoms. The molecule has 0 aliphatic carbocycles. The van der Waals surface area contributed by atoms with Crippen LogP contribution in [0.3, 0.4) is 0 Å². The number of nitrogens with two attached hydrogens (primary N) is 1. The Kier molecular flexibility index (Phi) is 16.8. The molecule has 35 heavy (non-hydrogen) atoms. The van der Waals surface area contributed by atoms with Crippen LogP contribution in [0.4, 0.5) is 0 Å². The predicted molar refractivity (Wildman–Crippen MR) is 141 cm³/mol. The normalized spacial score (nSPS) is 19.0. The zero-order valence-electron chi connectivity index (χ0n) is 22.9. The summed E-state index contributed by atoms with van der Waals surface area (Å²) < 4.78 is 10.8. The van der Waals surface area contributed by atoms with Crippen molar-refractivity contribution in [3.05, 3.63) is 0 Å². The summed E-state index contributed by atoms with van der Waals surface area (Å²) in [6.07, 6.45) is 19.1. The highest BCUT2D eigenvalue weighted by molar-refractivity contribution is 6.02. The van der Waals surface area contributed by atoms with E-state index in [0.29, 0.717) is 12.8 Å². The van der Waals surface area contributed by atoms with Crippen molar-refractivity contribution in [3.63, 3.8) is 0 Å². The molecule has 0 aromatic rings. The lowest BCUT2D eigenvalue weighted by Gasteiger charge is -2.36. The third-order valence-corrected chi connectivity index (χ3v) is 7.54. The number of rotatable bonds is 23. The number of carbonyl (C=O) groups is 3. The first-order valence-electron chi connectivity index (χ1n) is 14.6. The maximum atomic E-state index is 13.2. The van der Waals surface area contributed by atoms with E-state index in [1.54, 1.807) is 0 Å². The van der Waals surface area contributed by atoms with Gasteiger partial charge >= 0.3 is 11.9 Å². The van der Waals surface area contributed by atoms with E-state index in [2.05, 4.69) is 13.8 Å². The molecular formula is C29H53NO5. The lowest BCUT2D eigenvalue weighted by atomic mass is 9.77. The minimum Gasteiger partial charge on any atom is -0.461 e. The van der Waals surface area contributed by atoms with E-state index in [0.717, 1.165) is 64.2 Å². The molecule has 0 saturated carbocycles. The molecule has 1 amide bonds. The third-order valence-electron chi connectivity index (χ3n) is 7.54. The van der Waals surface area contributed by atoms with Crippen LogP contribution in [0, 0.1) is 11.3 Å². The van der Waals surface area contributed by atoms with Crippen molar-refractivity contribution in [3.8, 4) is 0 Å². The maximum absolute atomic E-state index is 13.2. The lowest BCUT2D eigenvalue weighted by Crippen LogP contribution is -2.50. The van der Waals surface area contributed by atoms with Crippen molar-refractivity contribution in [1.82, 2.24) is 0 Å². The molecule has 1 aliphatic heterocycles. The highest BCUT2D eigenvalue weighted by Crippen LogP contribution is 2.35. The van der Waals surface area contributed by atoms with Crippen molar-refractivity contribution in [2.24, 2.45) is 17.1 Å². The fraction of sp³-hybridized carbons (Fsp3) is 0.897. The van der Waals surface area contributed by atoms with E-state index < -0.39 is 23.4 Å². The van der Waals surface area contributed by atoms with Crippen molar-refractivity contribution in [2.75, 3.05) is 6.61 Å². The minimum absolute atomic E-state index is 0.0161. The first-order valence-corrected chi connectivity index (χ1v) is 14.6.